The van der Waals surface area contributed by atoms with Gasteiger partial charge in [0.15, 0.2) is 6.29 Å². The number of rotatable bonds is 2. The van der Waals surface area contributed by atoms with Crippen LogP contribution in [0.2, 0.25) is 0 Å². The molecule has 0 aliphatic carbocycles. The third-order valence-electron chi connectivity index (χ3n) is 4.71. The van der Waals surface area contributed by atoms with E-state index in [-0.39, 0.29) is 17.2 Å². The molecule has 25 heavy (non-hydrogen) atoms. The van der Waals surface area contributed by atoms with Crippen molar-refractivity contribution in [3.05, 3.63) is 23.5 Å². The van der Waals surface area contributed by atoms with Gasteiger partial charge >= 0.3 is 0 Å². The lowest BCUT2D eigenvalue weighted by molar-refractivity contribution is -0.138. The lowest BCUT2D eigenvalue weighted by Crippen LogP contribution is -2.43. The Hall–Kier alpha value is -1.70. The van der Waals surface area contributed by atoms with Crippen LogP contribution in [0.5, 0.6) is 0 Å². The molecule has 1 fully saturated rings. The first-order valence-corrected chi connectivity index (χ1v) is 8.85. The fourth-order valence-corrected chi connectivity index (χ4v) is 3.69. The number of nitrogens with one attached hydrogen (secondary N) is 2. The Balaban J connectivity index is 0.000000701. The standard InChI is InChI=1S/C17H25N3O2.CH5NO/c1-17(2)11-19-8-13(10-21)7-15(19)9-20(12-17)16(22)14-3-5-18-6-4-14;1-2-3/h7-8,10,14,18H,3-6,9,11-12H2,1-2H3;2-3H,1H3. The van der Waals surface area contributed by atoms with Gasteiger partial charge in [-0.3, -0.25) is 9.59 Å². The maximum atomic E-state index is 12.9. The number of carbonyl (C=O) groups excluding carboxylic acids is 2. The van der Waals surface area contributed by atoms with Gasteiger partial charge in [-0.25, -0.2) is 5.48 Å². The summed E-state index contributed by atoms with van der Waals surface area (Å²) in [5, 5.41) is 10.6. The Morgan fingerprint density at radius 1 is 1.36 bits per heavy atom. The van der Waals surface area contributed by atoms with Crippen LogP contribution in [-0.4, -0.2) is 53.5 Å². The molecule has 0 radical (unpaired) electrons. The van der Waals surface area contributed by atoms with Crippen LogP contribution >= 0.6 is 0 Å². The molecule has 0 spiro atoms. The van der Waals surface area contributed by atoms with Crippen LogP contribution in [0.1, 0.15) is 42.7 Å². The van der Waals surface area contributed by atoms with Crippen molar-refractivity contribution in [1.29, 1.82) is 0 Å². The maximum absolute atomic E-state index is 12.9. The van der Waals surface area contributed by atoms with Gasteiger partial charge < -0.3 is 20.0 Å². The molecular formula is C18H30N4O3. The minimum atomic E-state index is 0.00695. The zero-order valence-electron chi connectivity index (χ0n) is 15.4. The largest absolute Gasteiger partial charge is 0.348 e. The highest BCUT2D eigenvalue weighted by atomic mass is 16.5. The molecule has 2 aliphatic heterocycles. The van der Waals surface area contributed by atoms with Gasteiger partial charge in [-0.05, 0) is 32.0 Å². The average Bonchev–Trinajstić information content (AvgIpc) is 2.90. The SMILES string of the molecule is CC1(C)CN(C(=O)C2CCNCC2)Cc2cc(C=O)cn2C1.CNO. The number of hydrogen-bond acceptors (Lipinski definition) is 5. The summed E-state index contributed by atoms with van der Waals surface area (Å²) in [7, 11) is 1.43. The third-order valence-corrected chi connectivity index (χ3v) is 4.71. The molecule has 3 rings (SSSR count). The van der Waals surface area contributed by atoms with Crippen LogP contribution in [0.15, 0.2) is 12.3 Å². The summed E-state index contributed by atoms with van der Waals surface area (Å²) < 4.78 is 2.14. The first kappa shape index (κ1) is 19.6. The number of hydroxylamine groups is 1. The van der Waals surface area contributed by atoms with Crippen LogP contribution in [0.25, 0.3) is 0 Å². The molecule has 1 saturated heterocycles. The predicted octanol–water partition coefficient (Wildman–Crippen LogP) is 1.26. The number of hydrogen-bond donors (Lipinski definition) is 3. The zero-order chi connectivity index (χ0) is 18.4. The van der Waals surface area contributed by atoms with Gasteiger partial charge in [-0.1, -0.05) is 13.8 Å². The van der Waals surface area contributed by atoms with Gasteiger partial charge in [-0.15, -0.1) is 0 Å². The highest BCUT2D eigenvalue weighted by Crippen LogP contribution is 2.29. The monoisotopic (exact) mass is 350 g/mol. The molecule has 1 amide bonds. The lowest BCUT2D eigenvalue weighted by atomic mass is 9.91. The number of aromatic nitrogens is 1. The molecule has 1 aromatic heterocycles. The van der Waals surface area contributed by atoms with E-state index in [2.05, 4.69) is 23.7 Å². The normalized spacial score (nSPS) is 20.1. The zero-order valence-corrected chi connectivity index (χ0v) is 15.4. The average molecular weight is 350 g/mol. The van der Waals surface area contributed by atoms with E-state index in [4.69, 9.17) is 5.21 Å². The van der Waals surface area contributed by atoms with Crippen molar-refractivity contribution in [3.8, 4) is 0 Å². The number of carbonyl (C=O) groups is 2. The van der Waals surface area contributed by atoms with Crippen molar-refractivity contribution in [2.45, 2.75) is 39.8 Å². The summed E-state index contributed by atoms with van der Waals surface area (Å²) in [4.78, 5) is 25.9. The van der Waals surface area contributed by atoms with E-state index in [1.165, 1.54) is 7.05 Å². The molecular weight excluding hydrogens is 320 g/mol. The summed E-state index contributed by atoms with van der Waals surface area (Å²) in [6.45, 7) is 8.45. The summed E-state index contributed by atoms with van der Waals surface area (Å²) in [5.41, 5.74) is 3.52. The topological polar surface area (TPSA) is 86.6 Å². The van der Waals surface area contributed by atoms with Crippen molar-refractivity contribution in [2.75, 3.05) is 26.7 Å². The summed E-state index contributed by atoms with van der Waals surface area (Å²) in [6.07, 6.45) is 4.64. The molecule has 140 valence electrons. The Bertz CT molecular complexity index is 591. The van der Waals surface area contributed by atoms with Gasteiger partial charge in [0.1, 0.15) is 0 Å². The number of piperidine rings is 1. The maximum Gasteiger partial charge on any atom is 0.226 e. The van der Waals surface area contributed by atoms with Crippen molar-refractivity contribution in [2.24, 2.45) is 11.3 Å². The van der Waals surface area contributed by atoms with Crippen LogP contribution in [0.4, 0.5) is 0 Å². The molecule has 7 heteroatoms. The first-order chi connectivity index (χ1) is 11.9. The van der Waals surface area contributed by atoms with E-state index >= 15 is 0 Å². The van der Waals surface area contributed by atoms with E-state index in [1.807, 2.05) is 17.2 Å². The Kier molecular flexibility index (Phi) is 6.75. The highest BCUT2D eigenvalue weighted by Gasteiger charge is 2.33. The molecule has 0 atom stereocenters. The molecule has 1 aromatic rings. The quantitative estimate of drug-likeness (QED) is 0.552. The summed E-state index contributed by atoms with van der Waals surface area (Å²) in [5.74, 6) is 0.418. The molecule has 0 unspecified atom stereocenters. The second kappa shape index (κ2) is 8.60. The predicted molar refractivity (Wildman–Crippen MR) is 95.5 cm³/mol. The van der Waals surface area contributed by atoms with Crippen LogP contribution in [-0.2, 0) is 17.9 Å². The Labute approximate surface area is 149 Å². The van der Waals surface area contributed by atoms with Gasteiger partial charge in [0.2, 0.25) is 5.91 Å². The van der Waals surface area contributed by atoms with Crippen molar-refractivity contribution in [3.63, 3.8) is 0 Å². The Morgan fingerprint density at radius 3 is 2.60 bits per heavy atom. The van der Waals surface area contributed by atoms with Gasteiger partial charge in [0.25, 0.3) is 0 Å². The molecule has 0 saturated carbocycles. The molecule has 0 bridgehead atoms. The van der Waals surface area contributed by atoms with Gasteiger partial charge in [0.05, 0.1) is 6.54 Å². The van der Waals surface area contributed by atoms with Gasteiger partial charge in [0, 0.05) is 48.9 Å². The lowest BCUT2D eigenvalue weighted by Gasteiger charge is -2.33. The van der Waals surface area contributed by atoms with Crippen molar-refractivity contribution >= 4 is 12.2 Å². The van der Waals surface area contributed by atoms with E-state index in [9.17, 15) is 9.59 Å². The summed E-state index contributed by atoms with van der Waals surface area (Å²) in [6, 6.07) is 1.91. The fraction of sp³-hybridized carbons (Fsp3) is 0.667. The number of aldehydes is 1. The molecule has 7 nitrogen and oxygen atoms in total. The Morgan fingerprint density at radius 2 is 2.00 bits per heavy atom. The minimum absolute atomic E-state index is 0.00695. The van der Waals surface area contributed by atoms with E-state index in [0.29, 0.717) is 12.1 Å². The smallest absolute Gasteiger partial charge is 0.226 e. The number of amides is 1. The minimum Gasteiger partial charge on any atom is -0.348 e. The molecule has 2 aliphatic rings. The van der Waals surface area contributed by atoms with E-state index in [0.717, 1.165) is 51.0 Å². The second-order valence-corrected chi connectivity index (χ2v) is 7.62. The third kappa shape index (κ3) is 5.14. The molecule has 3 N–H and O–H groups in total. The summed E-state index contributed by atoms with van der Waals surface area (Å²) >= 11 is 0. The highest BCUT2D eigenvalue weighted by molar-refractivity contribution is 5.79. The van der Waals surface area contributed by atoms with Crippen LogP contribution < -0.4 is 10.8 Å². The van der Waals surface area contributed by atoms with Crippen LogP contribution in [0.3, 0.4) is 0 Å². The number of fused-ring (bicyclic) bond motifs is 1. The fourth-order valence-electron chi connectivity index (χ4n) is 3.69. The van der Waals surface area contributed by atoms with E-state index < -0.39 is 0 Å². The number of nitrogens with zero attached hydrogens (tertiary/aromatic N) is 2. The van der Waals surface area contributed by atoms with E-state index in [1.54, 1.807) is 5.48 Å². The van der Waals surface area contributed by atoms with Crippen LogP contribution in [0, 0.1) is 11.3 Å². The molecule has 3 heterocycles. The first-order valence-electron chi connectivity index (χ1n) is 8.85. The van der Waals surface area contributed by atoms with Crippen molar-refractivity contribution < 1.29 is 14.8 Å². The molecule has 0 aromatic carbocycles. The van der Waals surface area contributed by atoms with Gasteiger partial charge in [-0.2, -0.15) is 0 Å². The van der Waals surface area contributed by atoms with Crippen molar-refractivity contribution in [1.82, 2.24) is 20.3 Å². The second-order valence-electron chi connectivity index (χ2n) is 7.62.